The van der Waals surface area contributed by atoms with Crippen molar-refractivity contribution in [2.45, 2.75) is 0 Å². The summed E-state index contributed by atoms with van der Waals surface area (Å²) in [6, 6.07) is 5.01. The van der Waals surface area contributed by atoms with Crippen LogP contribution in [-0.4, -0.2) is 9.97 Å². The minimum atomic E-state index is -1.08. The molecule has 1 aromatic carbocycles. The van der Waals surface area contributed by atoms with Gasteiger partial charge in [0.1, 0.15) is 0 Å². The van der Waals surface area contributed by atoms with Gasteiger partial charge in [-0.25, -0.2) is 15.2 Å². The molecule has 0 saturated carbocycles. The lowest BCUT2D eigenvalue weighted by Crippen LogP contribution is -2.10. The van der Waals surface area contributed by atoms with Crippen LogP contribution < -0.4 is 16.0 Å². The van der Waals surface area contributed by atoms with Crippen molar-refractivity contribution in [1.29, 1.82) is 0 Å². The number of hydrazine groups is 1. The molecule has 0 bridgehead atoms. The van der Waals surface area contributed by atoms with Crippen LogP contribution in [0.15, 0.2) is 30.5 Å². The fourth-order valence-electron chi connectivity index (χ4n) is 1.14. The highest BCUT2D eigenvalue weighted by molar-refractivity contribution is 5.31. The summed E-state index contributed by atoms with van der Waals surface area (Å²) in [7, 11) is 0. The number of hydrogen-bond donors (Lipinski definition) is 2. The third-order valence-corrected chi connectivity index (χ3v) is 1.89. The number of nitrogens with one attached hydrogen (secondary N) is 1. The zero-order chi connectivity index (χ0) is 12.3. The zero-order valence-corrected chi connectivity index (χ0v) is 8.52. The standard InChI is InChI=1S/C10H8F2N4O/c11-6-2-1-3-7(9(6)12)17-8-4-5-14-10(15-8)16-13/h1-5H,13H2,(H,14,15,16). The fourth-order valence-corrected chi connectivity index (χ4v) is 1.14. The topological polar surface area (TPSA) is 73.1 Å². The number of rotatable bonds is 3. The van der Waals surface area contributed by atoms with Crippen LogP contribution in [-0.2, 0) is 0 Å². The number of benzene rings is 1. The van der Waals surface area contributed by atoms with Crippen molar-refractivity contribution >= 4 is 5.95 Å². The Balaban J connectivity index is 2.28. The summed E-state index contributed by atoms with van der Waals surface area (Å²) >= 11 is 0. The normalized spacial score (nSPS) is 10.1. The lowest BCUT2D eigenvalue weighted by atomic mass is 10.3. The molecule has 0 fully saturated rings. The number of hydrogen-bond acceptors (Lipinski definition) is 5. The Kier molecular flexibility index (Phi) is 3.10. The number of anilines is 1. The molecule has 0 aliphatic heterocycles. The molecule has 1 aromatic heterocycles. The fraction of sp³-hybridized carbons (Fsp3) is 0. The van der Waals surface area contributed by atoms with Gasteiger partial charge in [0.05, 0.1) is 0 Å². The van der Waals surface area contributed by atoms with Gasteiger partial charge in [-0.2, -0.15) is 9.37 Å². The molecular formula is C10H8F2N4O. The molecule has 0 amide bonds. The van der Waals surface area contributed by atoms with Gasteiger partial charge in [-0.1, -0.05) is 6.07 Å². The lowest BCUT2D eigenvalue weighted by molar-refractivity contribution is 0.405. The lowest BCUT2D eigenvalue weighted by Gasteiger charge is -2.06. The average Bonchev–Trinajstić information content (AvgIpc) is 2.35. The highest BCUT2D eigenvalue weighted by atomic mass is 19.2. The molecule has 7 heteroatoms. The molecule has 0 spiro atoms. The Morgan fingerprint density at radius 3 is 2.82 bits per heavy atom. The van der Waals surface area contributed by atoms with Gasteiger partial charge < -0.3 is 4.74 Å². The highest BCUT2D eigenvalue weighted by Crippen LogP contribution is 2.24. The van der Waals surface area contributed by atoms with E-state index in [1.807, 2.05) is 0 Å². The van der Waals surface area contributed by atoms with E-state index in [0.717, 1.165) is 6.07 Å². The molecular weight excluding hydrogens is 230 g/mol. The molecule has 88 valence electrons. The Morgan fingerprint density at radius 2 is 2.06 bits per heavy atom. The van der Waals surface area contributed by atoms with E-state index in [2.05, 4.69) is 15.4 Å². The predicted molar refractivity (Wildman–Crippen MR) is 56.3 cm³/mol. The van der Waals surface area contributed by atoms with Crippen LogP contribution in [0.5, 0.6) is 11.6 Å². The van der Waals surface area contributed by atoms with Gasteiger partial charge in [-0.3, -0.25) is 5.43 Å². The van der Waals surface area contributed by atoms with Gasteiger partial charge in [0.25, 0.3) is 0 Å². The van der Waals surface area contributed by atoms with Crippen LogP contribution in [0, 0.1) is 11.6 Å². The summed E-state index contributed by atoms with van der Waals surface area (Å²) < 4.78 is 31.3. The molecule has 1 heterocycles. The second kappa shape index (κ2) is 4.71. The van der Waals surface area contributed by atoms with E-state index >= 15 is 0 Å². The van der Waals surface area contributed by atoms with Crippen LogP contribution in [0.3, 0.4) is 0 Å². The Bertz CT molecular complexity index is 535. The van der Waals surface area contributed by atoms with Crippen LogP contribution in [0.25, 0.3) is 0 Å². The Hall–Kier alpha value is -2.28. The molecule has 0 aliphatic rings. The molecule has 2 aromatic rings. The summed E-state index contributed by atoms with van der Waals surface area (Å²) in [5.74, 6) is 2.94. The molecule has 0 saturated heterocycles. The highest BCUT2D eigenvalue weighted by Gasteiger charge is 2.10. The monoisotopic (exact) mass is 238 g/mol. The van der Waals surface area contributed by atoms with Crippen molar-refractivity contribution < 1.29 is 13.5 Å². The molecule has 0 aliphatic carbocycles. The summed E-state index contributed by atoms with van der Waals surface area (Å²) in [6.07, 6.45) is 1.37. The van der Waals surface area contributed by atoms with Gasteiger partial charge >= 0.3 is 0 Å². The third-order valence-electron chi connectivity index (χ3n) is 1.89. The van der Waals surface area contributed by atoms with Crippen molar-refractivity contribution in [2.75, 3.05) is 5.43 Å². The summed E-state index contributed by atoms with van der Waals surface area (Å²) in [5, 5.41) is 0. The maximum absolute atomic E-state index is 13.3. The van der Waals surface area contributed by atoms with Gasteiger partial charge in [0, 0.05) is 12.3 Å². The van der Waals surface area contributed by atoms with E-state index in [1.165, 1.54) is 24.4 Å². The SMILES string of the molecule is NNc1nccc(Oc2cccc(F)c2F)n1. The maximum Gasteiger partial charge on any atom is 0.240 e. The number of ether oxygens (including phenoxy) is 1. The second-order valence-corrected chi connectivity index (χ2v) is 3.02. The molecule has 0 atom stereocenters. The minimum Gasteiger partial charge on any atom is -0.436 e. The van der Waals surface area contributed by atoms with Crippen molar-refractivity contribution in [3.8, 4) is 11.6 Å². The summed E-state index contributed by atoms with van der Waals surface area (Å²) in [4.78, 5) is 7.54. The molecule has 3 N–H and O–H groups in total. The van der Waals surface area contributed by atoms with E-state index in [0.29, 0.717) is 0 Å². The number of aromatic nitrogens is 2. The molecule has 17 heavy (non-hydrogen) atoms. The van der Waals surface area contributed by atoms with Crippen molar-refractivity contribution in [3.05, 3.63) is 42.1 Å². The first-order valence-electron chi connectivity index (χ1n) is 4.62. The smallest absolute Gasteiger partial charge is 0.240 e. The third kappa shape index (κ3) is 2.45. The first-order chi connectivity index (χ1) is 8.20. The predicted octanol–water partition coefficient (Wildman–Crippen LogP) is 1.83. The van der Waals surface area contributed by atoms with E-state index < -0.39 is 11.6 Å². The van der Waals surface area contributed by atoms with Gasteiger partial charge in [0.15, 0.2) is 11.6 Å². The molecule has 5 nitrogen and oxygen atoms in total. The summed E-state index contributed by atoms with van der Waals surface area (Å²) in [6.45, 7) is 0. The van der Waals surface area contributed by atoms with Crippen molar-refractivity contribution in [2.24, 2.45) is 5.84 Å². The van der Waals surface area contributed by atoms with Crippen molar-refractivity contribution in [3.63, 3.8) is 0 Å². The Labute approximate surface area is 95.2 Å². The molecule has 0 unspecified atom stereocenters. The van der Waals surface area contributed by atoms with Crippen molar-refractivity contribution in [1.82, 2.24) is 9.97 Å². The summed E-state index contributed by atoms with van der Waals surface area (Å²) in [5.41, 5.74) is 2.21. The second-order valence-electron chi connectivity index (χ2n) is 3.02. The van der Waals surface area contributed by atoms with Crippen LogP contribution in [0.2, 0.25) is 0 Å². The van der Waals surface area contributed by atoms with E-state index in [1.54, 1.807) is 0 Å². The first-order valence-corrected chi connectivity index (χ1v) is 4.62. The quantitative estimate of drug-likeness (QED) is 0.630. The molecule has 0 radical (unpaired) electrons. The van der Waals surface area contributed by atoms with E-state index in [4.69, 9.17) is 10.6 Å². The number of nitrogens with two attached hydrogens (primary N) is 1. The van der Waals surface area contributed by atoms with E-state index in [-0.39, 0.29) is 17.6 Å². The van der Waals surface area contributed by atoms with Crippen LogP contribution in [0.1, 0.15) is 0 Å². The number of nitrogen functional groups attached to an aromatic ring is 1. The first kappa shape index (κ1) is 11.2. The largest absolute Gasteiger partial charge is 0.436 e. The van der Waals surface area contributed by atoms with Gasteiger partial charge in [-0.05, 0) is 12.1 Å². The minimum absolute atomic E-state index is 0.0532. The van der Waals surface area contributed by atoms with E-state index in [9.17, 15) is 8.78 Å². The van der Waals surface area contributed by atoms with Crippen LogP contribution in [0.4, 0.5) is 14.7 Å². The van der Waals surface area contributed by atoms with Gasteiger partial charge in [-0.15, -0.1) is 0 Å². The molecule has 2 rings (SSSR count). The maximum atomic E-state index is 13.3. The zero-order valence-electron chi connectivity index (χ0n) is 8.52. The number of halogens is 2. The average molecular weight is 238 g/mol. The van der Waals surface area contributed by atoms with Crippen LogP contribution >= 0.6 is 0 Å². The van der Waals surface area contributed by atoms with Gasteiger partial charge in [0.2, 0.25) is 17.6 Å². The Morgan fingerprint density at radius 1 is 1.24 bits per heavy atom. The number of nitrogens with zero attached hydrogens (tertiary/aromatic N) is 2.